The molecule has 2 atom stereocenters. The smallest absolute Gasteiger partial charge is 0.253 e. The Kier molecular flexibility index (Phi) is 2.97. The van der Waals surface area contributed by atoms with Crippen LogP contribution in [0.3, 0.4) is 0 Å². The van der Waals surface area contributed by atoms with E-state index in [-0.39, 0.29) is 18.0 Å². The zero-order chi connectivity index (χ0) is 13.2. The monoisotopic (exact) mass is 254 g/mol. The van der Waals surface area contributed by atoms with E-state index in [0.29, 0.717) is 5.56 Å². The Labute approximate surface area is 110 Å². The minimum Gasteiger partial charge on any atom is -0.344 e. The first-order valence-corrected chi connectivity index (χ1v) is 6.16. The van der Waals surface area contributed by atoms with Gasteiger partial charge < -0.3 is 11.1 Å². The molecule has 5 heteroatoms. The van der Waals surface area contributed by atoms with E-state index in [1.54, 1.807) is 6.07 Å². The van der Waals surface area contributed by atoms with Crippen LogP contribution in [0.2, 0.25) is 0 Å². The van der Waals surface area contributed by atoms with Crippen LogP contribution in [0.4, 0.5) is 0 Å². The van der Waals surface area contributed by atoms with Crippen LogP contribution in [0.5, 0.6) is 0 Å². The Morgan fingerprint density at radius 3 is 2.89 bits per heavy atom. The van der Waals surface area contributed by atoms with Crippen LogP contribution in [-0.4, -0.2) is 22.1 Å². The lowest BCUT2D eigenvalue weighted by molar-refractivity contribution is 0.0932. The second-order valence-corrected chi connectivity index (χ2v) is 4.65. The molecule has 1 aliphatic rings. The predicted molar refractivity (Wildman–Crippen MR) is 70.4 cm³/mol. The number of nitrogens with two attached hydrogens (primary N) is 1. The first kappa shape index (κ1) is 11.8. The molecule has 5 nitrogen and oxygen atoms in total. The summed E-state index contributed by atoms with van der Waals surface area (Å²) in [6.07, 6.45) is 3.73. The fourth-order valence-electron chi connectivity index (χ4n) is 2.46. The Hall–Kier alpha value is -2.27. The molecule has 0 aliphatic heterocycles. The summed E-state index contributed by atoms with van der Waals surface area (Å²) in [6.45, 7) is 0. The number of benzene rings is 1. The lowest BCUT2D eigenvalue weighted by Crippen LogP contribution is -2.38. The van der Waals surface area contributed by atoms with Crippen molar-refractivity contribution in [3.63, 3.8) is 0 Å². The van der Waals surface area contributed by atoms with Gasteiger partial charge in [-0.15, -0.1) is 0 Å². The minimum atomic E-state index is -0.174. The summed E-state index contributed by atoms with van der Waals surface area (Å²) in [5.41, 5.74) is 8.91. The van der Waals surface area contributed by atoms with Crippen molar-refractivity contribution in [2.24, 2.45) is 5.73 Å². The van der Waals surface area contributed by atoms with Gasteiger partial charge in [0.05, 0.1) is 24.0 Å². The van der Waals surface area contributed by atoms with Gasteiger partial charge in [0.25, 0.3) is 5.91 Å². The molecule has 1 aromatic heterocycles. The first-order chi connectivity index (χ1) is 9.25. The molecule has 0 radical (unpaired) electrons. The lowest BCUT2D eigenvalue weighted by atomic mass is 10.1. The molecule has 0 saturated heterocycles. The number of nitrogens with one attached hydrogen (secondary N) is 1. The molecule has 3 rings (SSSR count). The molecule has 0 saturated carbocycles. The van der Waals surface area contributed by atoms with Crippen LogP contribution in [0.1, 0.15) is 27.5 Å². The molecule has 0 bridgehead atoms. The SMILES string of the molecule is NC1Cc2ccccc2C1NC(=O)c1ccnnc1. The van der Waals surface area contributed by atoms with Crippen molar-refractivity contribution in [2.45, 2.75) is 18.5 Å². The zero-order valence-electron chi connectivity index (χ0n) is 10.3. The molecule has 1 aromatic carbocycles. The van der Waals surface area contributed by atoms with Crippen LogP contribution >= 0.6 is 0 Å². The molecular formula is C14H14N4O. The van der Waals surface area contributed by atoms with Crippen molar-refractivity contribution in [3.8, 4) is 0 Å². The number of hydrogen-bond donors (Lipinski definition) is 2. The lowest BCUT2D eigenvalue weighted by Gasteiger charge is -2.18. The third-order valence-electron chi connectivity index (χ3n) is 3.41. The first-order valence-electron chi connectivity index (χ1n) is 6.16. The van der Waals surface area contributed by atoms with E-state index in [1.165, 1.54) is 18.0 Å². The largest absolute Gasteiger partial charge is 0.344 e. The second-order valence-electron chi connectivity index (χ2n) is 4.65. The molecule has 1 amide bonds. The number of amides is 1. The number of fused-ring (bicyclic) bond motifs is 1. The van der Waals surface area contributed by atoms with Gasteiger partial charge in [-0.3, -0.25) is 4.79 Å². The van der Waals surface area contributed by atoms with Crippen LogP contribution in [0.25, 0.3) is 0 Å². The summed E-state index contributed by atoms with van der Waals surface area (Å²) in [4.78, 5) is 12.1. The summed E-state index contributed by atoms with van der Waals surface area (Å²) in [7, 11) is 0. The van der Waals surface area contributed by atoms with Crippen LogP contribution in [0, 0.1) is 0 Å². The Morgan fingerprint density at radius 1 is 1.26 bits per heavy atom. The van der Waals surface area contributed by atoms with E-state index in [4.69, 9.17) is 5.73 Å². The fourth-order valence-corrected chi connectivity index (χ4v) is 2.46. The summed E-state index contributed by atoms with van der Waals surface area (Å²) in [5, 5.41) is 10.3. The molecule has 19 heavy (non-hydrogen) atoms. The number of hydrogen-bond acceptors (Lipinski definition) is 4. The topological polar surface area (TPSA) is 80.9 Å². The number of nitrogens with zero attached hydrogens (tertiary/aromatic N) is 2. The maximum absolute atomic E-state index is 12.1. The van der Waals surface area contributed by atoms with Crippen molar-refractivity contribution in [3.05, 3.63) is 59.4 Å². The number of carbonyl (C=O) groups is 1. The molecule has 0 fully saturated rings. The van der Waals surface area contributed by atoms with Gasteiger partial charge in [-0.25, -0.2) is 0 Å². The third-order valence-corrected chi connectivity index (χ3v) is 3.41. The molecule has 1 heterocycles. The van der Waals surface area contributed by atoms with E-state index >= 15 is 0 Å². The van der Waals surface area contributed by atoms with Gasteiger partial charge >= 0.3 is 0 Å². The second kappa shape index (κ2) is 4.78. The van der Waals surface area contributed by atoms with E-state index in [2.05, 4.69) is 21.6 Å². The zero-order valence-corrected chi connectivity index (χ0v) is 10.3. The molecular weight excluding hydrogens is 240 g/mol. The summed E-state index contributed by atoms with van der Waals surface area (Å²) in [6, 6.07) is 9.42. The van der Waals surface area contributed by atoms with Crippen LogP contribution in [0.15, 0.2) is 42.7 Å². The Balaban J connectivity index is 1.82. The highest BCUT2D eigenvalue weighted by Crippen LogP contribution is 2.30. The van der Waals surface area contributed by atoms with Crippen LogP contribution < -0.4 is 11.1 Å². The van der Waals surface area contributed by atoms with Crippen molar-refractivity contribution in [1.29, 1.82) is 0 Å². The van der Waals surface area contributed by atoms with Crippen molar-refractivity contribution in [2.75, 3.05) is 0 Å². The summed E-state index contributed by atoms with van der Waals surface area (Å²) < 4.78 is 0. The van der Waals surface area contributed by atoms with Gasteiger partial charge in [-0.1, -0.05) is 24.3 Å². The third kappa shape index (κ3) is 2.20. The highest BCUT2D eigenvalue weighted by atomic mass is 16.1. The fraction of sp³-hybridized carbons (Fsp3) is 0.214. The highest BCUT2D eigenvalue weighted by molar-refractivity contribution is 5.94. The molecule has 2 unspecified atom stereocenters. The van der Waals surface area contributed by atoms with Gasteiger partial charge in [-0.2, -0.15) is 10.2 Å². The molecule has 96 valence electrons. The predicted octanol–water partition coefficient (Wildman–Crippen LogP) is 0.831. The minimum absolute atomic E-state index is 0.0869. The summed E-state index contributed by atoms with van der Waals surface area (Å²) >= 11 is 0. The summed E-state index contributed by atoms with van der Waals surface area (Å²) in [5.74, 6) is -0.174. The molecule has 3 N–H and O–H groups in total. The molecule has 0 spiro atoms. The number of rotatable bonds is 2. The quantitative estimate of drug-likeness (QED) is 0.831. The van der Waals surface area contributed by atoms with Crippen LogP contribution in [-0.2, 0) is 6.42 Å². The molecule has 1 aliphatic carbocycles. The van der Waals surface area contributed by atoms with E-state index in [0.717, 1.165) is 12.0 Å². The standard InChI is InChI=1S/C14H14N4O/c15-12-7-9-3-1-2-4-11(9)13(12)18-14(19)10-5-6-16-17-8-10/h1-6,8,12-13H,7,15H2,(H,18,19). The highest BCUT2D eigenvalue weighted by Gasteiger charge is 2.30. The normalized spacial score (nSPS) is 20.9. The van der Waals surface area contributed by atoms with Gasteiger partial charge in [0.15, 0.2) is 0 Å². The molecule has 2 aromatic rings. The van der Waals surface area contributed by atoms with E-state index in [9.17, 15) is 4.79 Å². The number of aromatic nitrogens is 2. The van der Waals surface area contributed by atoms with Gasteiger partial charge in [-0.05, 0) is 23.6 Å². The van der Waals surface area contributed by atoms with E-state index < -0.39 is 0 Å². The maximum atomic E-state index is 12.1. The van der Waals surface area contributed by atoms with Crippen molar-refractivity contribution in [1.82, 2.24) is 15.5 Å². The van der Waals surface area contributed by atoms with Crippen molar-refractivity contribution >= 4 is 5.91 Å². The maximum Gasteiger partial charge on any atom is 0.253 e. The van der Waals surface area contributed by atoms with Gasteiger partial charge in [0.1, 0.15) is 0 Å². The van der Waals surface area contributed by atoms with Gasteiger partial charge in [0, 0.05) is 6.04 Å². The average Bonchev–Trinajstić information content (AvgIpc) is 2.76. The van der Waals surface area contributed by atoms with Gasteiger partial charge in [0.2, 0.25) is 0 Å². The van der Waals surface area contributed by atoms with Crippen molar-refractivity contribution < 1.29 is 4.79 Å². The van der Waals surface area contributed by atoms with E-state index in [1.807, 2.05) is 18.2 Å². The average molecular weight is 254 g/mol. The number of carbonyl (C=O) groups excluding carboxylic acids is 1. The Morgan fingerprint density at radius 2 is 2.11 bits per heavy atom. The Bertz CT molecular complexity index is 599.